The molecule has 0 saturated carbocycles. The number of aryl methyl sites for hydroxylation is 1. The number of carbonyl (C=O) groups excluding carboxylic acids is 2. The minimum atomic E-state index is -0.429. The van der Waals surface area contributed by atoms with E-state index in [1.807, 2.05) is 11.5 Å². The van der Waals surface area contributed by atoms with E-state index in [2.05, 4.69) is 44.7 Å². The number of nitrogens with zero attached hydrogens (tertiary/aromatic N) is 5. The maximum absolute atomic E-state index is 12.9. The topological polar surface area (TPSA) is 83.4 Å². The molecule has 0 radical (unpaired) electrons. The zero-order chi connectivity index (χ0) is 20.4. The summed E-state index contributed by atoms with van der Waals surface area (Å²) in [5, 5.41) is 11.0. The zero-order valence-electron chi connectivity index (χ0n) is 17.0. The minimum Gasteiger partial charge on any atom is -0.353 e. The van der Waals surface area contributed by atoms with Gasteiger partial charge in [0, 0.05) is 32.7 Å². The molecular weight excluding hydrogens is 368 g/mol. The van der Waals surface area contributed by atoms with Gasteiger partial charge in [-0.2, -0.15) is 0 Å². The van der Waals surface area contributed by atoms with Gasteiger partial charge in [0.2, 0.25) is 11.8 Å². The molecule has 1 N–H and O–H groups in total. The molecule has 1 aliphatic heterocycles. The van der Waals surface area contributed by atoms with Crippen molar-refractivity contribution in [1.29, 1.82) is 0 Å². The largest absolute Gasteiger partial charge is 0.353 e. The van der Waals surface area contributed by atoms with E-state index in [1.165, 1.54) is 11.1 Å². The van der Waals surface area contributed by atoms with Crippen LogP contribution in [0.1, 0.15) is 30.3 Å². The van der Waals surface area contributed by atoms with Crippen molar-refractivity contribution < 1.29 is 9.59 Å². The molecule has 1 unspecified atom stereocenters. The fraction of sp³-hybridized carbons (Fsp3) is 0.524. The summed E-state index contributed by atoms with van der Waals surface area (Å²) >= 11 is 0. The summed E-state index contributed by atoms with van der Waals surface area (Å²) in [6.45, 7) is 4.56. The Labute approximate surface area is 170 Å². The van der Waals surface area contributed by atoms with Crippen molar-refractivity contribution in [3.8, 4) is 0 Å². The van der Waals surface area contributed by atoms with Gasteiger partial charge in [0.05, 0.1) is 19.0 Å². The Hall–Kier alpha value is -2.74. The molecule has 2 heterocycles. The van der Waals surface area contributed by atoms with Crippen molar-refractivity contribution in [1.82, 2.24) is 29.9 Å². The van der Waals surface area contributed by atoms with Gasteiger partial charge in [0.15, 0.2) is 5.82 Å². The van der Waals surface area contributed by atoms with Crippen LogP contribution < -0.4 is 5.32 Å². The van der Waals surface area contributed by atoms with Crippen LogP contribution in [-0.2, 0) is 35.5 Å². The molecule has 1 aliphatic carbocycles. The first kappa shape index (κ1) is 19.6. The molecule has 2 amide bonds. The molecule has 4 rings (SSSR count). The number of fused-ring (bicyclic) bond motifs is 1. The monoisotopic (exact) mass is 396 g/mol. The summed E-state index contributed by atoms with van der Waals surface area (Å²) in [6, 6.07) is 8.30. The molecule has 154 valence electrons. The molecule has 1 saturated heterocycles. The predicted octanol–water partition coefficient (Wildman–Crippen LogP) is 0.614. The number of nitrogens with one attached hydrogen (secondary N) is 1. The molecule has 1 fully saturated rings. The molecule has 29 heavy (non-hydrogen) atoms. The highest BCUT2D eigenvalue weighted by atomic mass is 16.2. The predicted molar refractivity (Wildman–Crippen MR) is 108 cm³/mol. The molecular formula is C21H28N6O2. The van der Waals surface area contributed by atoms with Crippen molar-refractivity contribution in [2.24, 2.45) is 0 Å². The van der Waals surface area contributed by atoms with Crippen LogP contribution in [0.15, 0.2) is 30.6 Å². The van der Waals surface area contributed by atoms with Gasteiger partial charge in [-0.3, -0.25) is 14.5 Å². The van der Waals surface area contributed by atoms with Gasteiger partial charge in [-0.05, 0) is 30.9 Å². The molecule has 1 atom stereocenters. The Kier molecular flexibility index (Phi) is 5.62. The van der Waals surface area contributed by atoms with Crippen molar-refractivity contribution >= 4 is 11.8 Å². The smallest absolute Gasteiger partial charge is 0.237 e. The lowest BCUT2D eigenvalue weighted by Gasteiger charge is -2.39. The molecule has 0 bridgehead atoms. The maximum Gasteiger partial charge on any atom is 0.237 e. The molecule has 1 aromatic heterocycles. The number of rotatable bonds is 6. The van der Waals surface area contributed by atoms with E-state index in [9.17, 15) is 9.59 Å². The lowest BCUT2D eigenvalue weighted by molar-refractivity contribution is -0.139. The van der Waals surface area contributed by atoms with Gasteiger partial charge in [0.25, 0.3) is 0 Å². The van der Waals surface area contributed by atoms with Crippen molar-refractivity contribution in [3.63, 3.8) is 0 Å². The zero-order valence-corrected chi connectivity index (χ0v) is 17.0. The average molecular weight is 396 g/mol. The highest BCUT2D eigenvalue weighted by Crippen LogP contribution is 2.28. The Morgan fingerprint density at radius 2 is 2.00 bits per heavy atom. The third-order valence-electron chi connectivity index (χ3n) is 6.08. The van der Waals surface area contributed by atoms with E-state index < -0.39 is 6.04 Å². The van der Waals surface area contributed by atoms with E-state index in [1.54, 1.807) is 18.3 Å². The van der Waals surface area contributed by atoms with Crippen LogP contribution in [0.3, 0.4) is 0 Å². The summed E-state index contributed by atoms with van der Waals surface area (Å²) in [7, 11) is 1.76. The van der Waals surface area contributed by atoms with E-state index in [-0.39, 0.29) is 24.3 Å². The van der Waals surface area contributed by atoms with Gasteiger partial charge in [-0.15, -0.1) is 10.2 Å². The normalized spacial score (nSPS) is 19.8. The molecule has 8 nitrogen and oxygen atoms in total. The summed E-state index contributed by atoms with van der Waals surface area (Å²) in [4.78, 5) is 29.5. The first-order chi connectivity index (χ1) is 14.1. The van der Waals surface area contributed by atoms with E-state index in [0.29, 0.717) is 13.1 Å². The Morgan fingerprint density at radius 3 is 2.69 bits per heavy atom. The summed E-state index contributed by atoms with van der Waals surface area (Å²) < 4.78 is 1.92. The van der Waals surface area contributed by atoms with Crippen LogP contribution in [0.25, 0.3) is 0 Å². The van der Waals surface area contributed by atoms with Crippen LogP contribution in [-0.4, -0.2) is 68.6 Å². The van der Waals surface area contributed by atoms with Crippen molar-refractivity contribution in [2.75, 3.05) is 20.1 Å². The first-order valence-electron chi connectivity index (χ1n) is 10.3. The minimum absolute atomic E-state index is 0.0503. The molecule has 8 heteroatoms. The second-order valence-electron chi connectivity index (χ2n) is 7.86. The summed E-state index contributed by atoms with van der Waals surface area (Å²) in [5.74, 6) is 0.642. The van der Waals surface area contributed by atoms with E-state index >= 15 is 0 Å². The van der Waals surface area contributed by atoms with Crippen LogP contribution in [0.2, 0.25) is 0 Å². The Balaban J connectivity index is 1.43. The highest BCUT2D eigenvalue weighted by Gasteiger charge is 2.38. The lowest BCUT2D eigenvalue weighted by Crippen LogP contribution is -2.59. The van der Waals surface area contributed by atoms with Crippen LogP contribution in [0.4, 0.5) is 0 Å². The van der Waals surface area contributed by atoms with Gasteiger partial charge in [-0.25, -0.2) is 0 Å². The Morgan fingerprint density at radius 1 is 1.28 bits per heavy atom. The Bertz CT molecular complexity index is 870. The number of benzene rings is 1. The van der Waals surface area contributed by atoms with Crippen molar-refractivity contribution in [2.45, 2.75) is 51.4 Å². The molecule has 2 aliphatic rings. The van der Waals surface area contributed by atoms with E-state index in [0.717, 1.165) is 31.8 Å². The van der Waals surface area contributed by atoms with Crippen molar-refractivity contribution in [3.05, 3.63) is 47.5 Å². The van der Waals surface area contributed by atoms with Gasteiger partial charge >= 0.3 is 0 Å². The van der Waals surface area contributed by atoms with Crippen LogP contribution in [0.5, 0.6) is 0 Å². The number of hydrogen-bond donors (Lipinski definition) is 1. The first-order valence-corrected chi connectivity index (χ1v) is 10.3. The van der Waals surface area contributed by atoms with E-state index in [4.69, 9.17) is 0 Å². The number of carbonyl (C=O) groups is 2. The van der Waals surface area contributed by atoms with Gasteiger partial charge < -0.3 is 14.8 Å². The lowest BCUT2D eigenvalue weighted by atomic mass is 10.0. The van der Waals surface area contributed by atoms with Gasteiger partial charge in [0.1, 0.15) is 6.33 Å². The number of aromatic nitrogens is 3. The summed E-state index contributed by atoms with van der Waals surface area (Å²) in [5.41, 5.74) is 2.70. The number of hydrogen-bond acceptors (Lipinski definition) is 5. The average Bonchev–Trinajstić information content (AvgIpc) is 3.35. The van der Waals surface area contributed by atoms with Crippen LogP contribution >= 0.6 is 0 Å². The maximum atomic E-state index is 12.9. The highest BCUT2D eigenvalue weighted by molar-refractivity contribution is 5.88. The quantitative estimate of drug-likeness (QED) is 0.774. The summed E-state index contributed by atoms with van der Waals surface area (Å²) in [6.07, 6.45) is 3.71. The SMILES string of the molecule is CCn1cnnc1CN(C)C(=O)CC1C(=O)NCCN1C1Cc2ccccc2C1. The number of piperazine rings is 1. The second-order valence-corrected chi connectivity index (χ2v) is 7.86. The van der Waals surface area contributed by atoms with Crippen LogP contribution in [0, 0.1) is 0 Å². The molecule has 0 spiro atoms. The molecule has 2 aromatic rings. The standard InChI is InChI=1S/C21H28N6O2/c1-3-26-14-23-24-19(26)13-25(2)20(28)12-18-21(29)22-8-9-27(18)17-10-15-6-4-5-7-16(15)11-17/h4-7,14,17-18H,3,8-13H2,1-2H3,(H,22,29). The molecule has 1 aromatic carbocycles. The third kappa shape index (κ3) is 4.03. The number of amides is 2. The second kappa shape index (κ2) is 8.32. The fourth-order valence-corrected chi connectivity index (χ4v) is 4.44. The fourth-order valence-electron chi connectivity index (χ4n) is 4.44. The third-order valence-corrected chi connectivity index (χ3v) is 6.08. The van der Waals surface area contributed by atoms with Gasteiger partial charge in [-0.1, -0.05) is 24.3 Å².